The van der Waals surface area contributed by atoms with Gasteiger partial charge in [0.25, 0.3) is 5.91 Å². The molecule has 1 aromatic rings. The smallest absolute Gasteiger partial charge is 0.415 e. The van der Waals surface area contributed by atoms with Gasteiger partial charge in [0.1, 0.15) is 11.3 Å². The molecule has 0 bridgehead atoms. The monoisotopic (exact) mass is 330 g/mol. The first-order valence-corrected chi connectivity index (χ1v) is 8.09. The van der Waals surface area contributed by atoms with E-state index in [9.17, 15) is 9.59 Å². The number of amides is 2. The Labute approximate surface area is 143 Å². The Balaban J connectivity index is 2.38. The quantitative estimate of drug-likeness (QED) is 0.854. The maximum Gasteiger partial charge on any atom is 0.415 e. The van der Waals surface area contributed by atoms with Crippen molar-refractivity contribution in [3.05, 3.63) is 41.1 Å². The lowest BCUT2D eigenvalue weighted by atomic mass is 10.0. The van der Waals surface area contributed by atoms with Crippen LogP contribution in [-0.4, -0.2) is 28.0 Å². The van der Waals surface area contributed by atoms with Gasteiger partial charge in [0, 0.05) is 5.54 Å². The molecular weight excluding hydrogens is 304 g/mol. The van der Waals surface area contributed by atoms with Crippen molar-refractivity contribution in [3.63, 3.8) is 0 Å². The molecule has 2 rings (SSSR count). The highest BCUT2D eigenvalue weighted by molar-refractivity contribution is 6.01. The Bertz CT molecular complexity index is 679. The summed E-state index contributed by atoms with van der Waals surface area (Å²) in [5.74, 6) is -0.289. The fraction of sp³-hybridized carbons (Fsp3) is 0.474. The van der Waals surface area contributed by atoms with Gasteiger partial charge in [0.15, 0.2) is 0 Å². The van der Waals surface area contributed by atoms with E-state index in [0.717, 1.165) is 11.1 Å². The van der Waals surface area contributed by atoms with Crippen molar-refractivity contribution in [2.75, 3.05) is 0 Å². The van der Waals surface area contributed by atoms with Crippen molar-refractivity contribution in [1.82, 2.24) is 10.2 Å². The normalized spacial score (nSPS) is 14.6. The predicted molar refractivity (Wildman–Crippen MR) is 94.1 cm³/mol. The number of hydrogen-bond donors (Lipinski definition) is 1. The molecular formula is C19H26N2O3. The third-order valence-corrected chi connectivity index (χ3v) is 3.30. The Hall–Kier alpha value is -2.30. The number of fused-ring (bicyclic) bond motifs is 1. The number of carbonyl (C=O) groups excluding carboxylic acids is 2. The Kier molecular flexibility index (Phi) is 4.74. The van der Waals surface area contributed by atoms with Gasteiger partial charge < -0.3 is 10.1 Å². The molecule has 5 heteroatoms. The van der Waals surface area contributed by atoms with Gasteiger partial charge in [-0.25, -0.2) is 4.79 Å². The van der Waals surface area contributed by atoms with E-state index in [1.807, 2.05) is 45.0 Å². The molecule has 1 aliphatic rings. The van der Waals surface area contributed by atoms with E-state index in [1.54, 1.807) is 26.8 Å². The SMILES string of the molecule is CC(C)(C)NC(=O)C1=Cc2ccccc2CN1C(=O)OC(C)(C)C. The van der Waals surface area contributed by atoms with E-state index in [-0.39, 0.29) is 5.91 Å². The van der Waals surface area contributed by atoms with Crippen molar-refractivity contribution in [2.24, 2.45) is 0 Å². The van der Waals surface area contributed by atoms with Crippen molar-refractivity contribution in [3.8, 4) is 0 Å². The molecule has 0 atom stereocenters. The van der Waals surface area contributed by atoms with E-state index < -0.39 is 17.2 Å². The van der Waals surface area contributed by atoms with Crippen LogP contribution in [0.15, 0.2) is 30.0 Å². The second kappa shape index (κ2) is 6.30. The van der Waals surface area contributed by atoms with Gasteiger partial charge in [0.2, 0.25) is 0 Å². The molecule has 1 heterocycles. The summed E-state index contributed by atoms with van der Waals surface area (Å²) in [6.07, 6.45) is 1.22. The van der Waals surface area contributed by atoms with E-state index in [1.165, 1.54) is 4.90 Å². The Morgan fingerprint density at radius 3 is 2.29 bits per heavy atom. The molecule has 1 N–H and O–H groups in total. The van der Waals surface area contributed by atoms with Gasteiger partial charge in [-0.05, 0) is 58.7 Å². The van der Waals surface area contributed by atoms with E-state index >= 15 is 0 Å². The van der Waals surface area contributed by atoms with Crippen molar-refractivity contribution >= 4 is 18.1 Å². The zero-order valence-corrected chi connectivity index (χ0v) is 15.3. The van der Waals surface area contributed by atoms with Crippen LogP contribution < -0.4 is 5.32 Å². The number of rotatable bonds is 1. The average molecular weight is 330 g/mol. The van der Waals surface area contributed by atoms with Crippen molar-refractivity contribution in [1.29, 1.82) is 0 Å². The van der Waals surface area contributed by atoms with Gasteiger partial charge in [-0.3, -0.25) is 9.69 Å². The summed E-state index contributed by atoms with van der Waals surface area (Å²) >= 11 is 0. The summed E-state index contributed by atoms with van der Waals surface area (Å²) in [4.78, 5) is 26.7. The standard InChI is InChI=1S/C19H26N2O3/c1-18(2,3)20-16(22)15-11-13-9-7-8-10-14(13)12-21(15)17(23)24-19(4,5)6/h7-11H,12H2,1-6H3,(H,20,22). The van der Waals surface area contributed by atoms with Crippen LogP contribution in [0.25, 0.3) is 6.08 Å². The predicted octanol–water partition coefficient (Wildman–Crippen LogP) is 3.69. The molecule has 0 radical (unpaired) electrons. The van der Waals surface area contributed by atoms with Crippen LogP contribution in [-0.2, 0) is 16.1 Å². The van der Waals surface area contributed by atoms with Crippen LogP contribution in [0.5, 0.6) is 0 Å². The second-order valence-corrected chi connectivity index (χ2v) is 8.00. The molecule has 24 heavy (non-hydrogen) atoms. The molecule has 0 fully saturated rings. The minimum atomic E-state index is -0.625. The summed E-state index contributed by atoms with van der Waals surface area (Å²) in [5.41, 5.74) is 1.21. The van der Waals surface area contributed by atoms with Gasteiger partial charge >= 0.3 is 6.09 Å². The first-order valence-electron chi connectivity index (χ1n) is 8.09. The van der Waals surface area contributed by atoms with E-state index in [2.05, 4.69) is 5.32 Å². The third kappa shape index (κ3) is 4.60. The molecule has 0 unspecified atom stereocenters. The van der Waals surface area contributed by atoms with Gasteiger partial charge in [-0.15, -0.1) is 0 Å². The molecule has 0 spiro atoms. The average Bonchev–Trinajstić information content (AvgIpc) is 2.42. The highest BCUT2D eigenvalue weighted by atomic mass is 16.6. The van der Waals surface area contributed by atoms with Gasteiger partial charge in [-0.1, -0.05) is 24.3 Å². The summed E-state index contributed by atoms with van der Waals surface area (Å²) in [6, 6.07) is 7.71. The number of hydrogen-bond acceptors (Lipinski definition) is 3. The summed E-state index contributed by atoms with van der Waals surface area (Å²) < 4.78 is 5.47. The molecule has 1 aliphatic heterocycles. The number of carbonyl (C=O) groups is 2. The number of ether oxygens (including phenoxy) is 1. The first kappa shape index (κ1) is 18.0. The maximum absolute atomic E-state index is 12.7. The molecule has 0 saturated heterocycles. The molecule has 0 aliphatic carbocycles. The fourth-order valence-electron chi connectivity index (χ4n) is 2.37. The zero-order chi connectivity index (χ0) is 18.1. The minimum Gasteiger partial charge on any atom is -0.443 e. The Morgan fingerprint density at radius 1 is 1.08 bits per heavy atom. The molecule has 1 aromatic carbocycles. The van der Waals surface area contributed by atoms with Gasteiger partial charge in [0.05, 0.1) is 6.54 Å². The van der Waals surface area contributed by atoms with Crippen LogP contribution in [0, 0.1) is 0 Å². The lowest BCUT2D eigenvalue weighted by Gasteiger charge is -2.32. The van der Waals surface area contributed by atoms with Crippen LogP contribution in [0.4, 0.5) is 4.79 Å². The largest absolute Gasteiger partial charge is 0.443 e. The third-order valence-electron chi connectivity index (χ3n) is 3.30. The summed E-state index contributed by atoms with van der Waals surface area (Å²) in [6.45, 7) is 11.4. The molecule has 5 nitrogen and oxygen atoms in total. The van der Waals surface area contributed by atoms with E-state index in [4.69, 9.17) is 4.74 Å². The lowest BCUT2D eigenvalue weighted by molar-refractivity contribution is -0.120. The topological polar surface area (TPSA) is 58.6 Å². The van der Waals surface area contributed by atoms with Crippen LogP contribution in [0.3, 0.4) is 0 Å². The number of nitrogens with one attached hydrogen (secondary N) is 1. The minimum absolute atomic E-state index is 0.289. The van der Waals surface area contributed by atoms with Gasteiger partial charge in [-0.2, -0.15) is 0 Å². The van der Waals surface area contributed by atoms with Crippen molar-refractivity contribution in [2.45, 2.75) is 59.2 Å². The molecule has 130 valence electrons. The maximum atomic E-state index is 12.7. The van der Waals surface area contributed by atoms with Crippen LogP contribution in [0.1, 0.15) is 52.7 Å². The van der Waals surface area contributed by atoms with Crippen LogP contribution >= 0.6 is 0 Å². The highest BCUT2D eigenvalue weighted by Gasteiger charge is 2.32. The van der Waals surface area contributed by atoms with Crippen LogP contribution in [0.2, 0.25) is 0 Å². The highest BCUT2D eigenvalue weighted by Crippen LogP contribution is 2.27. The molecule has 0 aromatic heterocycles. The van der Waals surface area contributed by atoms with E-state index in [0.29, 0.717) is 12.2 Å². The first-order chi connectivity index (χ1) is 11.0. The number of benzene rings is 1. The van der Waals surface area contributed by atoms with Crippen molar-refractivity contribution < 1.29 is 14.3 Å². The second-order valence-electron chi connectivity index (χ2n) is 8.00. The zero-order valence-electron chi connectivity index (χ0n) is 15.3. The molecule has 0 saturated carbocycles. The lowest BCUT2D eigenvalue weighted by Crippen LogP contribution is -2.47. The summed E-state index contributed by atoms with van der Waals surface area (Å²) in [5, 5.41) is 2.91. The fourth-order valence-corrected chi connectivity index (χ4v) is 2.37. The molecule has 2 amide bonds. The Morgan fingerprint density at radius 2 is 1.71 bits per heavy atom. The number of nitrogens with zero attached hydrogens (tertiary/aromatic N) is 1. The summed E-state index contributed by atoms with van der Waals surface area (Å²) in [7, 11) is 0.